The average molecular weight is 403 g/mol. The fourth-order valence-electron chi connectivity index (χ4n) is 2.74. The summed E-state index contributed by atoms with van der Waals surface area (Å²) in [6.07, 6.45) is 6.33. The summed E-state index contributed by atoms with van der Waals surface area (Å²) in [6, 6.07) is 3.76. The van der Waals surface area contributed by atoms with Crippen molar-refractivity contribution in [3.05, 3.63) is 59.6 Å². The summed E-state index contributed by atoms with van der Waals surface area (Å²) >= 11 is 1.41. The number of hydrogen-bond acceptors (Lipinski definition) is 10. The maximum absolute atomic E-state index is 5.90. The van der Waals surface area contributed by atoms with Crippen molar-refractivity contribution in [1.29, 1.82) is 0 Å². The molecule has 5 rings (SSSR count). The van der Waals surface area contributed by atoms with Crippen LogP contribution in [0.4, 0.5) is 5.82 Å². The molecule has 0 N–H and O–H groups in total. The van der Waals surface area contributed by atoms with Gasteiger partial charge in [0.15, 0.2) is 22.7 Å². The van der Waals surface area contributed by atoms with E-state index in [1.807, 2.05) is 19.1 Å². The largest absolute Gasteiger partial charge is 0.436 e. The van der Waals surface area contributed by atoms with E-state index in [9.17, 15) is 0 Å². The van der Waals surface area contributed by atoms with Crippen molar-refractivity contribution in [1.82, 2.24) is 24.9 Å². The summed E-state index contributed by atoms with van der Waals surface area (Å²) in [5.74, 6) is 1.68. The number of ether oxygens (including phenoxy) is 1. The lowest BCUT2D eigenvalue weighted by molar-refractivity contribution is 0.497. The molecule has 0 spiro atoms. The Morgan fingerprint density at radius 1 is 1.03 bits per heavy atom. The van der Waals surface area contributed by atoms with Crippen molar-refractivity contribution in [2.45, 2.75) is 6.92 Å². The smallest absolute Gasteiger partial charge is 0.246 e. The van der Waals surface area contributed by atoms with Gasteiger partial charge < -0.3 is 9.15 Å². The van der Waals surface area contributed by atoms with E-state index in [-0.39, 0.29) is 0 Å². The first kappa shape index (κ1) is 17.3. The van der Waals surface area contributed by atoms with Crippen LogP contribution in [0.1, 0.15) is 17.5 Å². The highest BCUT2D eigenvalue weighted by Gasteiger charge is 2.22. The van der Waals surface area contributed by atoms with E-state index in [0.29, 0.717) is 52.3 Å². The molecule has 29 heavy (non-hydrogen) atoms. The molecule has 0 fully saturated rings. The van der Waals surface area contributed by atoms with Crippen LogP contribution in [0.25, 0.3) is 27.7 Å². The van der Waals surface area contributed by atoms with Gasteiger partial charge in [0.05, 0.1) is 9.75 Å². The highest BCUT2D eigenvalue weighted by molar-refractivity contribution is 7.17. The summed E-state index contributed by atoms with van der Waals surface area (Å²) in [5, 5.41) is 0. The third-order valence-corrected chi connectivity index (χ3v) is 5.04. The van der Waals surface area contributed by atoms with E-state index in [1.54, 1.807) is 24.8 Å². The van der Waals surface area contributed by atoms with Crippen molar-refractivity contribution < 1.29 is 9.15 Å². The Balaban J connectivity index is 1.59. The maximum atomic E-state index is 5.90. The number of aromatic nitrogens is 5. The van der Waals surface area contributed by atoms with Crippen LogP contribution < -0.4 is 5.55 Å². The molecular weight excluding hydrogens is 390 g/mol. The average Bonchev–Trinajstić information content (AvgIpc) is 3.24. The Kier molecular flexibility index (Phi) is 4.17. The van der Waals surface area contributed by atoms with Crippen LogP contribution in [0.15, 0.2) is 57.9 Å². The Morgan fingerprint density at radius 2 is 1.83 bits per heavy atom. The molecule has 0 aromatic carbocycles. The molecule has 0 saturated carbocycles. The van der Waals surface area contributed by atoms with E-state index < -0.39 is 0 Å². The van der Waals surface area contributed by atoms with Gasteiger partial charge >= 0.3 is 0 Å². The molecule has 1 aliphatic heterocycles. The minimum Gasteiger partial charge on any atom is -0.436 e. The summed E-state index contributed by atoms with van der Waals surface area (Å²) in [6.45, 7) is 6.38. The molecule has 1 aliphatic rings. The SMILES string of the molecule is C=C1OC(c2ccc(-c3nc4nccnc4c(=NCC)o3)s2)=Nc2nccnc21. The highest BCUT2D eigenvalue weighted by Crippen LogP contribution is 2.33. The lowest BCUT2D eigenvalue weighted by Gasteiger charge is -2.15. The number of aliphatic imine (C=N–C) groups is 1. The van der Waals surface area contributed by atoms with E-state index in [1.165, 1.54) is 11.3 Å². The van der Waals surface area contributed by atoms with Crippen LogP contribution in [-0.2, 0) is 4.74 Å². The van der Waals surface area contributed by atoms with Crippen molar-refractivity contribution in [3.63, 3.8) is 0 Å². The van der Waals surface area contributed by atoms with E-state index in [2.05, 4.69) is 41.5 Å². The maximum Gasteiger partial charge on any atom is 0.246 e. The second kappa shape index (κ2) is 6.99. The zero-order chi connectivity index (χ0) is 19.8. The first-order valence-corrected chi connectivity index (χ1v) is 9.54. The number of fused-ring (bicyclic) bond motifs is 2. The molecule has 5 heterocycles. The predicted octanol–water partition coefficient (Wildman–Crippen LogP) is 3.14. The van der Waals surface area contributed by atoms with E-state index in [0.717, 1.165) is 9.75 Å². The molecular formula is C19H13N7O2S. The Morgan fingerprint density at radius 3 is 2.72 bits per heavy atom. The summed E-state index contributed by atoms with van der Waals surface area (Å²) in [4.78, 5) is 31.8. The van der Waals surface area contributed by atoms with Gasteiger partial charge in [-0.05, 0) is 19.1 Å². The Bertz CT molecular complexity index is 1360. The van der Waals surface area contributed by atoms with Crippen LogP contribution >= 0.6 is 11.3 Å². The van der Waals surface area contributed by atoms with Crippen LogP contribution in [0.2, 0.25) is 0 Å². The minimum absolute atomic E-state index is 0.400. The molecule has 10 heteroatoms. The van der Waals surface area contributed by atoms with Gasteiger partial charge in [0.1, 0.15) is 5.69 Å². The van der Waals surface area contributed by atoms with E-state index in [4.69, 9.17) is 9.15 Å². The van der Waals surface area contributed by atoms with Crippen LogP contribution in [0.3, 0.4) is 0 Å². The number of nitrogens with zero attached hydrogens (tertiary/aromatic N) is 7. The molecule has 142 valence electrons. The fraction of sp³-hybridized carbons (Fsp3) is 0.105. The number of rotatable bonds is 3. The highest BCUT2D eigenvalue weighted by atomic mass is 32.1. The van der Waals surface area contributed by atoms with Gasteiger partial charge in [-0.15, -0.1) is 11.3 Å². The molecule has 9 nitrogen and oxygen atoms in total. The third-order valence-electron chi connectivity index (χ3n) is 3.98. The Labute approximate surface area is 168 Å². The van der Waals surface area contributed by atoms with Gasteiger partial charge in [-0.25, -0.2) is 24.9 Å². The lowest BCUT2D eigenvalue weighted by Crippen LogP contribution is -2.10. The third kappa shape index (κ3) is 3.09. The molecule has 0 atom stereocenters. The summed E-state index contributed by atoms with van der Waals surface area (Å²) in [5.41, 5.74) is 1.93. The van der Waals surface area contributed by atoms with E-state index >= 15 is 0 Å². The molecule has 4 aromatic rings. The van der Waals surface area contributed by atoms with Crippen LogP contribution in [0, 0.1) is 0 Å². The Hall–Kier alpha value is -3.79. The normalized spacial score (nSPS) is 13.9. The van der Waals surface area contributed by atoms with Gasteiger partial charge in [-0.3, -0.25) is 0 Å². The quantitative estimate of drug-likeness (QED) is 0.516. The van der Waals surface area contributed by atoms with Crippen LogP contribution in [0.5, 0.6) is 0 Å². The topological polar surface area (TPSA) is 112 Å². The van der Waals surface area contributed by atoms with Crippen molar-refractivity contribution >= 4 is 40.0 Å². The first-order valence-electron chi connectivity index (χ1n) is 8.72. The summed E-state index contributed by atoms with van der Waals surface area (Å²) in [7, 11) is 0. The molecule has 4 aromatic heterocycles. The zero-order valence-electron chi connectivity index (χ0n) is 15.2. The van der Waals surface area contributed by atoms with Gasteiger partial charge in [-0.2, -0.15) is 9.98 Å². The zero-order valence-corrected chi connectivity index (χ0v) is 16.1. The first-order chi connectivity index (χ1) is 14.2. The van der Waals surface area contributed by atoms with Crippen molar-refractivity contribution in [2.75, 3.05) is 6.54 Å². The monoisotopic (exact) mass is 403 g/mol. The lowest BCUT2D eigenvalue weighted by atomic mass is 10.3. The standard InChI is InChI=1S/C19H13N7O2S/c1-3-20-19-14-16(24-9-7-22-14)26-18(28-19)12-5-4-11(29-12)17-25-15-13(10(2)27-17)21-6-8-23-15/h4-9H,2-3H2,1H3. The molecule has 0 saturated heterocycles. The second-order valence-corrected chi connectivity index (χ2v) is 6.95. The molecule has 0 radical (unpaired) electrons. The molecule has 0 bridgehead atoms. The number of thiophene rings is 1. The second-order valence-electron chi connectivity index (χ2n) is 5.86. The fourth-order valence-corrected chi connectivity index (χ4v) is 3.60. The van der Waals surface area contributed by atoms with Crippen molar-refractivity contribution in [3.8, 4) is 10.8 Å². The molecule has 0 unspecified atom stereocenters. The summed E-state index contributed by atoms with van der Waals surface area (Å²) < 4.78 is 11.7. The molecule has 0 aliphatic carbocycles. The van der Waals surface area contributed by atoms with Gasteiger partial charge in [-0.1, -0.05) is 6.58 Å². The van der Waals surface area contributed by atoms with Crippen molar-refractivity contribution in [2.24, 2.45) is 9.98 Å². The van der Waals surface area contributed by atoms with Gasteiger partial charge in [0.25, 0.3) is 0 Å². The minimum atomic E-state index is 0.400. The van der Waals surface area contributed by atoms with Crippen LogP contribution in [-0.4, -0.2) is 37.4 Å². The van der Waals surface area contributed by atoms with Gasteiger partial charge in [0.2, 0.25) is 17.3 Å². The predicted molar refractivity (Wildman–Crippen MR) is 107 cm³/mol. The van der Waals surface area contributed by atoms with Gasteiger partial charge in [0, 0.05) is 31.3 Å². The number of hydrogen-bond donors (Lipinski definition) is 0. The molecule has 0 amide bonds.